The van der Waals surface area contributed by atoms with E-state index in [-0.39, 0.29) is 12.0 Å². The van der Waals surface area contributed by atoms with Crippen LogP contribution in [-0.2, 0) is 12.0 Å². The van der Waals surface area contributed by atoms with Crippen LogP contribution in [0.15, 0.2) is 42.5 Å². The first-order valence-electron chi connectivity index (χ1n) is 6.66. The molecule has 0 saturated carbocycles. The molecule has 106 valence electrons. The van der Waals surface area contributed by atoms with E-state index in [2.05, 4.69) is 26.1 Å². The molecule has 0 unspecified atom stereocenters. The molecule has 1 nitrogen and oxygen atoms in total. The molecule has 0 atom stereocenters. The third-order valence-electron chi connectivity index (χ3n) is 3.24. The van der Waals surface area contributed by atoms with Crippen molar-refractivity contribution in [3.63, 3.8) is 0 Å². The first-order chi connectivity index (χ1) is 9.39. The van der Waals surface area contributed by atoms with Gasteiger partial charge in [-0.1, -0.05) is 51.1 Å². The highest BCUT2D eigenvalue weighted by Gasteiger charge is 2.17. The summed E-state index contributed by atoms with van der Waals surface area (Å²) in [5, 5.41) is 3.20. The number of nitrogens with one attached hydrogen (secondary N) is 1. The Hall–Kier alpha value is -1.90. The predicted molar refractivity (Wildman–Crippen MR) is 78.8 cm³/mol. The average molecular weight is 275 g/mol. The Kier molecular flexibility index (Phi) is 4.07. The van der Waals surface area contributed by atoms with Crippen molar-refractivity contribution in [2.24, 2.45) is 0 Å². The Balaban J connectivity index is 2.22. The van der Waals surface area contributed by atoms with Crippen LogP contribution in [0, 0.1) is 11.6 Å². The number of para-hydroxylation sites is 1. The van der Waals surface area contributed by atoms with Crippen LogP contribution in [0.5, 0.6) is 0 Å². The number of rotatable bonds is 3. The van der Waals surface area contributed by atoms with Crippen molar-refractivity contribution in [2.75, 3.05) is 5.32 Å². The molecule has 0 heterocycles. The largest absolute Gasteiger partial charge is 0.381 e. The molecule has 0 aliphatic heterocycles. The summed E-state index contributed by atoms with van der Waals surface area (Å²) >= 11 is 0. The minimum absolute atomic E-state index is 0.00985. The molecule has 0 amide bonds. The summed E-state index contributed by atoms with van der Waals surface area (Å²) in [5.74, 6) is -1.60. The summed E-state index contributed by atoms with van der Waals surface area (Å²) in [5.41, 5.74) is 2.42. The van der Waals surface area contributed by atoms with Crippen molar-refractivity contribution in [1.29, 1.82) is 0 Å². The minimum Gasteiger partial charge on any atom is -0.381 e. The maximum absolute atomic E-state index is 13.6. The smallest absolute Gasteiger partial charge is 0.163 e. The zero-order chi connectivity index (χ0) is 14.8. The monoisotopic (exact) mass is 275 g/mol. The van der Waals surface area contributed by atoms with Crippen molar-refractivity contribution < 1.29 is 8.78 Å². The topological polar surface area (TPSA) is 12.0 Å². The van der Waals surface area contributed by atoms with Gasteiger partial charge in [0.2, 0.25) is 0 Å². The van der Waals surface area contributed by atoms with E-state index in [9.17, 15) is 8.78 Å². The first kappa shape index (κ1) is 14.5. The molecule has 2 aromatic carbocycles. The molecular weight excluding hydrogens is 256 g/mol. The van der Waals surface area contributed by atoms with Gasteiger partial charge in [0.15, 0.2) is 11.6 Å². The van der Waals surface area contributed by atoms with E-state index in [0.29, 0.717) is 5.56 Å². The standard InChI is InChI=1S/C17H19F2N/c1-17(2,3)13-8-4-5-10-15(13)20-11-12-7-6-9-14(18)16(12)19/h4-10,20H,11H2,1-3H3. The Labute approximate surface area is 118 Å². The van der Waals surface area contributed by atoms with Gasteiger partial charge in [-0.25, -0.2) is 8.78 Å². The van der Waals surface area contributed by atoms with Gasteiger partial charge in [-0.3, -0.25) is 0 Å². The van der Waals surface area contributed by atoms with E-state index in [4.69, 9.17) is 0 Å². The second-order valence-electron chi connectivity index (χ2n) is 5.86. The van der Waals surface area contributed by atoms with Crippen LogP contribution in [0.2, 0.25) is 0 Å². The maximum Gasteiger partial charge on any atom is 0.163 e. The molecule has 3 heteroatoms. The second-order valence-corrected chi connectivity index (χ2v) is 5.86. The number of hydrogen-bond acceptors (Lipinski definition) is 1. The summed E-state index contributed by atoms with van der Waals surface area (Å²) < 4.78 is 26.8. The van der Waals surface area contributed by atoms with E-state index in [1.54, 1.807) is 6.07 Å². The van der Waals surface area contributed by atoms with Crippen LogP contribution >= 0.6 is 0 Å². The van der Waals surface area contributed by atoms with E-state index in [1.807, 2.05) is 24.3 Å². The summed E-state index contributed by atoms with van der Waals surface area (Å²) in [6.07, 6.45) is 0. The molecule has 0 saturated heterocycles. The van der Waals surface area contributed by atoms with Gasteiger partial charge in [0.05, 0.1) is 0 Å². The van der Waals surface area contributed by atoms with Gasteiger partial charge in [0.25, 0.3) is 0 Å². The lowest BCUT2D eigenvalue weighted by Gasteiger charge is -2.23. The van der Waals surface area contributed by atoms with Crippen LogP contribution in [0.3, 0.4) is 0 Å². The van der Waals surface area contributed by atoms with Gasteiger partial charge in [0, 0.05) is 17.8 Å². The molecule has 0 aliphatic carbocycles. The fourth-order valence-corrected chi connectivity index (χ4v) is 2.17. The maximum atomic E-state index is 13.6. The fourth-order valence-electron chi connectivity index (χ4n) is 2.17. The summed E-state index contributed by atoms with van der Waals surface area (Å²) in [7, 11) is 0. The molecule has 2 rings (SSSR count). The fraction of sp³-hybridized carbons (Fsp3) is 0.294. The lowest BCUT2D eigenvalue weighted by molar-refractivity contribution is 0.500. The molecule has 0 aromatic heterocycles. The van der Waals surface area contributed by atoms with Crippen LogP contribution in [0.25, 0.3) is 0 Å². The third kappa shape index (κ3) is 3.16. The van der Waals surface area contributed by atoms with Gasteiger partial charge >= 0.3 is 0 Å². The highest BCUT2D eigenvalue weighted by molar-refractivity contribution is 5.54. The van der Waals surface area contributed by atoms with Gasteiger partial charge in [-0.2, -0.15) is 0 Å². The van der Waals surface area contributed by atoms with Gasteiger partial charge < -0.3 is 5.32 Å². The minimum atomic E-state index is -0.812. The molecule has 0 radical (unpaired) electrons. The van der Waals surface area contributed by atoms with E-state index in [0.717, 1.165) is 17.3 Å². The highest BCUT2D eigenvalue weighted by atomic mass is 19.2. The Bertz CT molecular complexity index is 600. The van der Waals surface area contributed by atoms with Crippen molar-refractivity contribution in [1.82, 2.24) is 0 Å². The normalized spacial score (nSPS) is 11.4. The van der Waals surface area contributed by atoms with Crippen LogP contribution in [-0.4, -0.2) is 0 Å². The van der Waals surface area contributed by atoms with Crippen molar-refractivity contribution in [3.05, 3.63) is 65.2 Å². The van der Waals surface area contributed by atoms with Crippen LogP contribution < -0.4 is 5.32 Å². The van der Waals surface area contributed by atoms with E-state index >= 15 is 0 Å². The van der Waals surface area contributed by atoms with E-state index in [1.165, 1.54) is 6.07 Å². The Morgan fingerprint density at radius 1 is 0.950 bits per heavy atom. The lowest BCUT2D eigenvalue weighted by atomic mass is 9.86. The Morgan fingerprint density at radius 3 is 2.35 bits per heavy atom. The number of anilines is 1. The molecular formula is C17H19F2N. The second kappa shape index (κ2) is 5.61. The van der Waals surface area contributed by atoms with Gasteiger partial charge in [0.1, 0.15) is 0 Å². The predicted octanol–water partition coefficient (Wildman–Crippen LogP) is 4.87. The summed E-state index contributed by atoms with van der Waals surface area (Å²) in [6.45, 7) is 6.62. The quantitative estimate of drug-likeness (QED) is 0.842. The summed E-state index contributed by atoms with van der Waals surface area (Å²) in [6, 6.07) is 12.1. The Morgan fingerprint density at radius 2 is 1.65 bits per heavy atom. The first-order valence-corrected chi connectivity index (χ1v) is 6.66. The number of halogens is 2. The lowest BCUT2D eigenvalue weighted by Crippen LogP contribution is -2.15. The van der Waals surface area contributed by atoms with Crippen LogP contribution in [0.4, 0.5) is 14.5 Å². The van der Waals surface area contributed by atoms with Crippen molar-refractivity contribution in [2.45, 2.75) is 32.7 Å². The molecule has 20 heavy (non-hydrogen) atoms. The van der Waals surface area contributed by atoms with Crippen molar-refractivity contribution >= 4 is 5.69 Å². The number of hydrogen-bond donors (Lipinski definition) is 1. The van der Waals surface area contributed by atoms with E-state index < -0.39 is 11.6 Å². The van der Waals surface area contributed by atoms with Gasteiger partial charge in [-0.15, -0.1) is 0 Å². The molecule has 0 bridgehead atoms. The molecule has 2 aromatic rings. The zero-order valence-electron chi connectivity index (χ0n) is 12.0. The summed E-state index contributed by atoms with van der Waals surface area (Å²) in [4.78, 5) is 0. The zero-order valence-corrected chi connectivity index (χ0v) is 12.0. The average Bonchev–Trinajstić information content (AvgIpc) is 2.40. The third-order valence-corrected chi connectivity index (χ3v) is 3.24. The SMILES string of the molecule is CC(C)(C)c1ccccc1NCc1cccc(F)c1F. The van der Waals surface area contributed by atoms with Crippen LogP contribution in [0.1, 0.15) is 31.9 Å². The number of benzene rings is 2. The molecule has 0 aliphatic rings. The highest BCUT2D eigenvalue weighted by Crippen LogP contribution is 2.29. The van der Waals surface area contributed by atoms with Gasteiger partial charge in [-0.05, 0) is 23.1 Å². The molecule has 0 spiro atoms. The van der Waals surface area contributed by atoms with Crippen molar-refractivity contribution in [3.8, 4) is 0 Å². The molecule has 0 fully saturated rings. The molecule has 1 N–H and O–H groups in total.